The Hall–Kier alpha value is -3.89. The molecule has 4 heterocycles. The maximum Gasteiger partial charge on any atom is 0.488 e. The van der Waals surface area contributed by atoms with Gasteiger partial charge in [-0.3, -0.25) is 4.79 Å². The lowest BCUT2D eigenvalue weighted by atomic mass is 9.80. The Bertz CT molecular complexity index is 1420. The molecule has 0 unspecified atom stereocenters. The Kier molecular flexibility index (Phi) is 5.47. The van der Waals surface area contributed by atoms with Crippen molar-refractivity contribution in [3.8, 4) is 11.4 Å². The van der Waals surface area contributed by atoms with Crippen LogP contribution in [0, 0.1) is 6.92 Å². The summed E-state index contributed by atoms with van der Waals surface area (Å²) >= 11 is 0. The van der Waals surface area contributed by atoms with E-state index in [-0.39, 0.29) is 0 Å². The first-order valence-corrected chi connectivity index (χ1v) is 11.0. The van der Waals surface area contributed by atoms with Crippen molar-refractivity contribution in [2.75, 3.05) is 23.8 Å². The Morgan fingerprint density at radius 2 is 2.00 bits per heavy atom. The number of hydrogen-bond donors (Lipinski definition) is 4. The Labute approximate surface area is 197 Å². The largest absolute Gasteiger partial charge is 0.488 e. The summed E-state index contributed by atoms with van der Waals surface area (Å²) < 4.78 is 1.79. The smallest absolute Gasteiger partial charge is 0.423 e. The van der Waals surface area contributed by atoms with Crippen molar-refractivity contribution in [3.05, 3.63) is 71.2 Å². The number of amides is 1. The second-order valence-electron chi connectivity index (χ2n) is 8.55. The average molecular weight is 456 g/mol. The van der Waals surface area contributed by atoms with Crippen molar-refractivity contribution < 1.29 is 14.8 Å². The van der Waals surface area contributed by atoms with Crippen LogP contribution in [0.15, 0.2) is 48.7 Å². The molecule has 0 aliphatic carbocycles. The number of pyridine rings is 1. The minimum atomic E-state index is -1.52. The zero-order valence-electron chi connectivity index (χ0n) is 19.0. The lowest BCUT2D eigenvalue weighted by molar-refractivity contribution is 0.0994. The van der Waals surface area contributed by atoms with Gasteiger partial charge in [0.1, 0.15) is 11.4 Å². The number of primary amides is 1. The van der Waals surface area contributed by atoms with Crippen molar-refractivity contribution >= 4 is 35.5 Å². The SMILES string of the molecule is Cc1cn2c(C(N)=O)cccc2c1-c1nc2c(c(NCc3cccc(B(O)O)c3)n1)N(C)CC2. The third-order valence-corrected chi connectivity index (χ3v) is 6.21. The summed E-state index contributed by atoms with van der Waals surface area (Å²) in [5, 5.41) is 22.4. The molecular weight excluding hydrogens is 431 g/mol. The van der Waals surface area contributed by atoms with Gasteiger partial charge >= 0.3 is 7.12 Å². The van der Waals surface area contributed by atoms with E-state index in [9.17, 15) is 14.8 Å². The molecule has 0 spiro atoms. The maximum atomic E-state index is 11.9. The van der Waals surface area contributed by atoms with Crippen LogP contribution in [0.25, 0.3) is 16.9 Å². The van der Waals surface area contributed by atoms with Crippen LogP contribution < -0.4 is 21.4 Å². The summed E-state index contributed by atoms with van der Waals surface area (Å²) in [7, 11) is 0.499. The second kappa shape index (κ2) is 8.47. The topological polar surface area (TPSA) is 129 Å². The zero-order valence-corrected chi connectivity index (χ0v) is 19.0. The summed E-state index contributed by atoms with van der Waals surface area (Å²) in [6.45, 7) is 3.27. The van der Waals surface area contributed by atoms with Crippen molar-refractivity contribution in [2.45, 2.75) is 19.9 Å². The summed E-state index contributed by atoms with van der Waals surface area (Å²) in [5.74, 6) is 0.790. The van der Waals surface area contributed by atoms with Gasteiger partial charge in [0.05, 0.1) is 11.2 Å². The molecule has 34 heavy (non-hydrogen) atoms. The first-order chi connectivity index (χ1) is 16.3. The first-order valence-electron chi connectivity index (χ1n) is 11.0. The highest BCUT2D eigenvalue weighted by atomic mass is 16.4. The standard InChI is InChI=1S/C24H25BN6O3/c1-14-13-31-18(7-4-8-19(31)22(26)32)20(14)23-28-17-9-10-30(2)21(17)24(29-23)27-12-15-5-3-6-16(11-15)25(33)34/h3-8,11,13,33-34H,9-10,12H2,1-2H3,(H2,26,32)(H,27,28,29). The zero-order chi connectivity index (χ0) is 24.0. The first kappa shape index (κ1) is 21.9. The Morgan fingerprint density at radius 3 is 2.76 bits per heavy atom. The highest BCUT2D eigenvalue weighted by Gasteiger charge is 2.26. The van der Waals surface area contributed by atoms with Gasteiger partial charge in [-0.15, -0.1) is 0 Å². The van der Waals surface area contributed by atoms with Gasteiger partial charge in [0.15, 0.2) is 11.6 Å². The number of likely N-dealkylation sites (N-methyl/N-ethyl adjacent to an activating group) is 1. The number of carbonyl (C=O) groups excluding carboxylic acids is 1. The molecule has 9 nitrogen and oxygen atoms in total. The number of fused-ring (bicyclic) bond motifs is 2. The van der Waals surface area contributed by atoms with E-state index in [0.29, 0.717) is 29.3 Å². The van der Waals surface area contributed by atoms with Gasteiger partial charge in [0.2, 0.25) is 0 Å². The van der Waals surface area contributed by atoms with Crippen molar-refractivity contribution in [1.29, 1.82) is 0 Å². The number of hydrogen-bond acceptors (Lipinski definition) is 7. The van der Waals surface area contributed by atoms with E-state index in [0.717, 1.165) is 46.6 Å². The molecule has 0 radical (unpaired) electrons. The third kappa shape index (κ3) is 3.76. The molecule has 0 atom stereocenters. The molecule has 3 aromatic heterocycles. The van der Waals surface area contributed by atoms with Crippen LogP contribution in [-0.2, 0) is 13.0 Å². The van der Waals surface area contributed by atoms with Crippen LogP contribution in [0.3, 0.4) is 0 Å². The van der Waals surface area contributed by atoms with Crippen molar-refractivity contribution in [2.24, 2.45) is 5.73 Å². The average Bonchev–Trinajstić information content (AvgIpc) is 3.36. The van der Waals surface area contributed by atoms with Crippen LogP contribution in [0.1, 0.15) is 27.3 Å². The van der Waals surface area contributed by atoms with Gasteiger partial charge in [-0.2, -0.15) is 0 Å². The molecule has 0 saturated heterocycles. The predicted molar refractivity (Wildman–Crippen MR) is 132 cm³/mol. The number of anilines is 2. The van der Waals surface area contributed by atoms with E-state index in [1.54, 1.807) is 34.7 Å². The van der Waals surface area contributed by atoms with Gasteiger partial charge in [0.25, 0.3) is 5.91 Å². The van der Waals surface area contributed by atoms with Crippen molar-refractivity contribution in [1.82, 2.24) is 14.4 Å². The van der Waals surface area contributed by atoms with Gasteiger partial charge in [-0.05, 0) is 35.6 Å². The highest BCUT2D eigenvalue weighted by Crippen LogP contribution is 2.36. The number of rotatable bonds is 6. The van der Waals surface area contributed by atoms with Crippen LogP contribution in [0.2, 0.25) is 0 Å². The fourth-order valence-electron chi connectivity index (χ4n) is 4.56. The molecule has 0 fully saturated rings. The summed E-state index contributed by atoms with van der Waals surface area (Å²) in [5.41, 5.74) is 11.8. The van der Waals surface area contributed by atoms with Gasteiger partial charge in [-0.25, -0.2) is 9.97 Å². The van der Waals surface area contributed by atoms with Crippen LogP contribution in [0.5, 0.6) is 0 Å². The third-order valence-electron chi connectivity index (χ3n) is 6.21. The van der Waals surface area contributed by atoms with Crippen LogP contribution in [0.4, 0.5) is 11.5 Å². The number of nitrogens with two attached hydrogens (primary N) is 1. The normalized spacial score (nSPS) is 12.8. The predicted octanol–water partition coefficient (Wildman–Crippen LogP) is 1.09. The number of aryl methyl sites for hydroxylation is 1. The number of carbonyl (C=O) groups is 1. The number of nitrogens with one attached hydrogen (secondary N) is 1. The van der Waals surface area contributed by atoms with E-state index in [4.69, 9.17) is 15.7 Å². The van der Waals surface area contributed by atoms with E-state index < -0.39 is 13.0 Å². The number of aromatic nitrogens is 3. The van der Waals surface area contributed by atoms with E-state index in [1.807, 2.05) is 32.3 Å². The monoisotopic (exact) mass is 456 g/mol. The van der Waals surface area contributed by atoms with Gasteiger partial charge in [-0.1, -0.05) is 30.3 Å². The minimum Gasteiger partial charge on any atom is -0.423 e. The number of benzene rings is 1. The molecule has 4 aromatic rings. The molecule has 0 saturated carbocycles. The molecule has 5 N–H and O–H groups in total. The molecule has 1 aromatic carbocycles. The molecule has 5 rings (SSSR count). The Morgan fingerprint density at radius 1 is 1.21 bits per heavy atom. The molecule has 1 aliphatic heterocycles. The van der Waals surface area contributed by atoms with E-state index >= 15 is 0 Å². The fraction of sp³-hybridized carbons (Fsp3) is 0.208. The highest BCUT2D eigenvalue weighted by molar-refractivity contribution is 6.58. The molecule has 10 heteroatoms. The quantitative estimate of drug-likeness (QED) is 0.320. The second-order valence-corrected chi connectivity index (χ2v) is 8.55. The van der Waals surface area contributed by atoms with Gasteiger partial charge in [0, 0.05) is 38.3 Å². The molecule has 1 aliphatic rings. The van der Waals surface area contributed by atoms with E-state index in [1.165, 1.54) is 0 Å². The van der Waals surface area contributed by atoms with Crippen LogP contribution in [-0.4, -0.2) is 51.0 Å². The van der Waals surface area contributed by atoms with Crippen LogP contribution >= 0.6 is 0 Å². The summed E-state index contributed by atoms with van der Waals surface area (Å²) in [4.78, 5) is 23.9. The maximum absolute atomic E-state index is 11.9. The van der Waals surface area contributed by atoms with E-state index in [2.05, 4.69) is 10.2 Å². The summed E-state index contributed by atoms with van der Waals surface area (Å²) in [6.07, 6.45) is 2.69. The lowest BCUT2D eigenvalue weighted by Gasteiger charge is -2.18. The Balaban J connectivity index is 1.58. The van der Waals surface area contributed by atoms with Gasteiger partial charge < -0.3 is 30.4 Å². The molecule has 0 bridgehead atoms. The number of nitrogens with zero attached hydrogens (tertiary/aromatic N) is 4. The minimum absolute atomic E-state index is 0.400. The molecular formula is C24H25BN6O3. The summed E-state index contributed by atoms with van der Waals surface area (Å²) in [6, 6.07) is 12.6. The lowest BCUT2D eigenvalue weighted by Crippen LogP contribution is -2.30. The molecule has 172 valence electrons. The molecule has 1 amide bonds. The fourth-order valence-corrected chi connectivity index (χ4v) is 4.56. The van der Waals surface area contributed by atoms with Crippen molar-refractivity contribution in [3.63, 3.8) is 0 Å².